The largest absolute Gasteiger partial charge is 0.351 e. The maximum absolute atomic E-state index is 12.7. The molecule has 1 aromatic heterocycles. The summed E-state index contributed by atoms with van der Waals surface area (Å²) in [5.41, 5.74) is 2.49. The summed E-state index contributed by atoms with van der Waals surface area (Å²) in [4.78, 5) is 28.7. The van der Waals surface area contributed by atoms with Crippen molar-refractivity contribution in [2.75, 3.05) is 26.2 Å². The van der Waals surface area contributed by atoms with E-state index in [0.717, 1.165) is 17.0 Å². The van der Waals surface area contributed by atoms with Crippen molar-refractivity contribution in [3.63, 3.8) is 0 Å². The number of hydrogen-bond donors (Lipinski definition) is 0. The van der Waals surface area contributed by atoms with Gasteiger partial charge in [-0.1, -0.05) is 20.8 Å². The third kappa shape index (κ3) is 3.03. The number of piperazine rings is 1. The van der Waals surface area contributed by atoms with E-state index in [1.807, 2.05) is 62.1 Å². The lowest BCUT2D eigenvalue weighted by Crippen LogP contribution is -2.53. The van der Waals surface area contributed by atoms with Crippen LogP contribution in [0.2, 0.25) is 0 Å². The van der Waals surface area contributed by atoms with Gasteiger partial charge in [-0.25, -0.2) is 0 Å². The zero-order chi connectivity index (χ0) is 16.7. The van der Waals surface area contributed by atoms with Gasteiger partial charge in [0.05, 0.1) is 5.56 Å². The van der Waals surface area contributed by atoms with Crippen LogP contribution in [-0.2, 0) is 11.8 Å². The molecule has 1 fully saturated rings. The highest BCUT2D eigenvalue weighted by atomic mass is 16.2. The number of carbonyl (C=O) groups is 2. The summed E-state index contributed by atoms with van der Waals surface area (Å²) in [5.74, 6) is 0.232. The lowest BCUT2D eigenvalue weighted by molar-refractivity contribution is -0.140. The summed E-state index contributed by atoms with van der Waals surface area (Å²) >= 11 is 0. The van der Waals surface area contributed by atoms with Crippen molar-refractivity contribution in [2.24, 2.45) is 12.5 Å². The molecule has 0 N–H and O–H groups in total. The van der Waals surface area contributed by atoms with Gasteiger partial charge in [0.1, 0.15) is 0 Å². The molecule has 2 amide bonds. The van der Waals surface area contributed by atoms with Crippen molar-refractivity contribution < 1.29 is 9.59 Å². The minimum atomic E-state index is -0.362. The Morgan fingerprint density at radius 1 is 1.00 bits per heavy atom. The number of amides is 2. The van der Waals surface area contributed by atoms with E-state index >= 15 is 0 Å². The Morgan fingerprint density at radius 3 is 1.91 bits per heavy atom. The number of aryl methyl sites for hydroxylation is 1. The van der Waals surface area contributed by atoms with Crippen molar-refractivity contribution in [1.82, 2.24) is 14.4 Å². The smallest absolute Gasteiger partial charge is 0.255 e. The van der Waals surface area contributed by atoms with Crippen molar-refractivity contribution in [2.45, 2.75) is 34.6 Å². The summed E-state index contributed by atoms with van der Waals surface area (Å²) in [6, 6.07) is 1.95. The summed E-state index contributed by atoms with van der Waals surface area (Å²) in [5, 5.41) is 0. The maximum atomic E-state index is 12.7. The molecule has 2 rings (SSSR count). The molecule has 0 spiro atoms. The standard InChI is InChI=1S/C17H27N3O2/c1-12-11-14(13(2)18(12)6)15(21)19-7-9-20(10-8-19)16(22)17(3,4)5/h11H,7-10H2,1-6H3. The molecule has 1 aliphatic heterocycles. The minimum Gasteiger partial charge on any atom is -0.351 e. The molecular formula is C17H27N3O2. The maximum Gasteiger partial charge on any atom is 0.255 e. The van der Waals surface area contributed by atoms with Crippen molar-refractivity contribution >= 4 is 11.8 Å². The molecule has 122 valence electrons. The van der Waals surface area contributed by atoms with Gasteiger partial charge in [0.15, 0.2) is 0 Å². The van der Waals surface area contributed by atoms with Crippen LogP contribution >= 0.6 is 0 Å². The number of hydrogen-bond acceptors (Lipinski definition) is 2. The van der Waals surface area contributed by atoms with Gasteiger partial charge in [0.25, 0.3) is 5.91 Å². The van der Waals surface area contributed by atoms with Crippen molar-refractivity contribution in [1.29, 1.82) is 0 Å². The average Bonchev–Trinajstić information content (AvgIpc) is 2.72. The van der Waals surface area contributed by atoms with E-state index in [1.54, 1.807) is 0 Å². The van der Waals surface area contributed by atoms with Crippen molar-refractivity contribution in [3.05, 3.63) is 23.0 Å². The van der Waals surface area contributed by atoms with Crippen LogP contribution in [0.15, 0.2) is 6.07 Å². The molecule has 2 heterocycles. The van der Waals surface area contributed by atoms with E-state index in [-0.39, 0.29) is 17.2 Å². The predicted molar refractivity (Wildman–Crippen MR) is 86.8 cm³/mol. The fourth-order valence-electron chi connectivity index (χ4n) is 2.83. The SMILES string of the molecule is Cc1cc(C(=O)N2CCN(C(=O)C(C)(C)C)CC2)c(C)n1C. The zero-order valence-electron chi connectivity index (χ0n) is 14.6. The summed E-state index contributed by atoms with van der Waals surface area (Å²) in [7, 11) is 1.97. The van der Waals surface area contributed by atoms with Crippen LogP contribution in [0.4, 0.5) is 0 Å². The topological polar surface area (TPSA) is 45.6 Å². The zero-order valence-corrected chi connectivity index (χ0v) is 14.6. The molecular weight excluding hydrogens is 278 g/mol. The molecule has 1 aliphatic rings. The normalized spacial score (nSPS) is 16.1. The molecule has 1 saturated heterocycles. The quantitative estimate of drug-likeness (QED) is 0.796. The second-order valence-corrected chi connectivity index (χ2v) is 7.18. The lowest BCUT2D eigenvalue weighted by atomic mass is 9.94. The van der Waals surface area contributed by atoms with Gasteiger partial charge in [-0.15, -0.1) is 0 Å². The summed E-state index contributed by atoms with van der Waals surface area (Å²) < 4.78 is 2.03. The fourth-order valence-corrected chi connectivity index (χ4v) is 2.83. The number of aromatic nitrogens is 1. The average molecular weight is 305 g/mol. The molecule has 0 aromatic carbocycles. The van der Waals surface area contributed by atoms with Gasteiger partial charge in [-0.05, 0) is 19.9 Å². The second-order valence-electron chi connectivity index (χ2n) is 7.18. The molecule has 1 aromatic rings. The Kier molecular flexibility index (Phi) is 4.36. The Bertz CT molecular complexity index is 588. The molecule has 0 aliphatic carbocycles. The van der Waals surface area contributed by atoms with E-state index in [0.29, 0.717) is 26.2 Å². The summed E-state index contributed by atoms with van der Waals surface area (Å²) in [6.45, 7) is 12.2. The predicted octanol–water partition coefficient (Wildman–Crippen LogP) is 1.97. The van der Waals surface area contributed by atoms with Gasteiger partial charge < -0.3 is 14.4 Å². The molecule has 22 heavy (non-hydrogen) atoms. The highest BCUT2D eigenvalue weighted by molar-refractivity contribution is 5.96. The van der Waals surface area contributed by atoms with Crippen LogP contribution in [0.5, 0.6) is 0 Å². The Morgan fingerprint density at radius 2 is 1.50 bits per heavy atom. The highest BCUT2D eigenvalue weighted by Gasteiger charge is 2.31. The molecule has 0 saturated carbocycles. The van der Waals surface area contributed by atoms with Gasteiger partial charge in [0.2, 0.25) is 5.91 Å². The van der Waals surface area contributed by atoms with E-state index in [2.05, 4.69) is 0 Å². The van der Waals surface area contributed by atoms with E-state index in [9.17, 15) is 9.59 Å². The second kappa shape index (κ2) is 5.78. The lowest BCUT2D eigenvalue weighted by Gasteiger charge is -2.37. The first-order valence-corrected chi connectivity index (χ1v) is 7.84. The van der Waals surface area contributed by atoms with E-state index in [4.69, 9.17) is 0 Å². The fraction of sp³-hybridized carbons (Fsp3) is 0.647. The third-order valence-corrected chi connectivity index (χ3v) is 4.50. The molecule has 0 bridgehead atoms. The molecule has 0 atom stereocenters. The Hall–Kier alpha value is -1.78. The number of carbonyl (C=O) groups excluding carboxylic acids is 2. The van der Waals surface area contributed by atoms with Crippen LogP contribution in [0.1, 0.15) is 42.5 Å². The minimum absolute atomic E-state index is 0.0732. The first-order chi connectivity index (χ1) is 10.1. The molecule has 0 unspecified atom stereocenters. The van der Waals surface area contributed by atoms with Crippen LogP contribution in [0.25, 0.3) is 0 Å². The van der Waals surface area contributed by atoms with Gasteiger partial charge in [-0.3, -0.25) is 9.59 Å². The van der Waals surface area contributed by atoms with Crippen LogP contribution in [-0.4, -0.2) is 52.4 Å². The Labute approximate surface area is 132 Å². The van der Waals surface area contributed by atoms with Crippen LogP contribution < -0.4 is 0 Å². The molecule has 0 radical (unpaired) electrons. The van der Waals surface area contributed by atoms with E-state index < -0.39 is 0 Å². The van der Waals surface area contributed by atoms with Crippen molar-refractivity contribution in [3.8, 4) is 0 Å². The molecule has 5 nitrogen and oxygen atoms in total. The van der Waals surface area contributed by atoms with Gasteiger partial charge in [0, 0.05) is 50.0 Å². The highest BCUT2D eigenvalue weighted by Crippen LogP contribution is 2.20. The Balaban J connectivity index is 2.04. The number of nitrogens with zero attached hydrogens (tertiary/aromatic N) is 3. The monoisotopic (exact) mass is 305 g/mol. The van der Waals surface area contributed by atoms with E-state index in [1.165, 1.54) is 0 Å². The third-order valence-electron chi connectivity index (χ3n) is 4.50. The van der Waals surface area contributed by atoms with Crippen LogP contribution in [0.3, 0.4) is 0 Å². The molecule has 5 heteroatoms. The first kappa shape index (κ1) is 16.6. The number of rotatable bonds is 1. The van der Waals surface area contributed by atoms with Gasteiger partial charge >= 0.3 is 0 Å². The first-order valence-electron chi connectivity index (χ1n) is 7.84. The summed E-state index contributed by atoms with van der Waals surface area (Å²) in [6.07, 6.45) is 0. The van der Waals surface area contributed by atoms with Gasteiger partial charge in [-0.2, -0.15) is 0 Å². The van der Waals surface area contributed by atoms with Crippen LogP contribution in [0, 0.1) is 19.3 Å².